The van der Waals surface area contributed by atoms with Gasteiger partial charge in [0.1, 0.15) is 17.2 Å². The van der Waals surface area contributed by atoms with Crippen molar-refractivity contribution >= 4 is 52.7 Å². The highest BCUT2D eigenvalue weighted by atomic mass is 35.5. The lowest BCUT2D eigenvalue weighted by molar-refractivity contribution is -0.193. The van der Waals surface area contributed by atoms with E-state index in [2.05, 4.69) is 20.4 Å². The van der Waals surface area contributed by atoms with Gasteiger partial charge in [-0.05, 0) is 32.3 Å². The largest absolute Gasteiger partial charge is 0.491 e. The highest BCUT2D eigenvalue weighted by Gasteiger charge is 2.43. The third-order valence-corrected chi connectivity index (χ3v) is 5.75. The zero-order valence-electron chi connectivity index (χ0n) is 21.6. The maximum absolute atomic E-state index is 12.8. The number of carbonyl (C=O) groups excluding carboxylic acids is 5. The van der Waals surface area contributed by atoms with Crippen LogP contribution in [0, 0.1) is 5.92 Å². The molecule has 2 atom stereocenters. The highest BCUT2D eigenvalue weighted by molar-refractivity contribution is 7.09. The number of nitrogens with one attached hydrogen (secondary N) is 2. The van der Waals surface area contributed by atoms with Crippen LogP contribution in [0.25, 0.3) is 0 Å². The normalized spacial score (nSPS) is 13.6. The number of rotatable bonds is 13. The molecule has 2 amide bonds. The van der Waals surface area contributed by atoms with Crippen molar-refractivity contribution in [3.05, 3.63) is 28.2 Å². The molecule has 0 spiro atoms. The van der Waals surface area contributed by atoms with Gasteiger partial charge < -0.3 is 25.8 Å². The molecule has 1 aromatic rings. The smallest absolute Gasteiger partial charge is 0.456 e. The van der Waals surface area contributed by atoms with Crippen LogP contribution in [0.2, 0.25) is 0 Å². The first-order valence-electron chi connectivity index (χ1n) is 11.5. The number of aromatic nitrogens is 1. The summed E-state index contributed by atoms with van der Waals surface area (Å²) in [5, 5.41) is 6.23. The number of esters is 3. The van der Waals surface area contributed by atoms with Crippen LogP contribution in [0.5, 0.6) is 0 Å². The summed E-state index contributed by atoms with van der Waals surface area (Å²) < 4.78 is 45.9. The van der Waals surface area contributed by atoms with E-state index >= 15 is 0 Å². The fraction of sp³-hybridized carbons (Fsp3) is 0.565. The highest BCUT2D eigenvalue weighted by Crippen LogP contribution is 2.18. The molecule has 0 aliphatic rings. The number of alkyl halides is 4. The summed E-state index contributed by atoms with van der Waals surface area (Å²) in [5.41, 5.74) is 4.00. The lowest BCUT2D eigenvalue weighted by Gasteiger charge is -2.26. The van der Waals surface area contributed by atoms with Gasteiger partial charge in [0.25, 0.3) is 0 Å². The number of thiazole rings is 1. The number of amides is 2. The summed E-state index contributed by atoms with van der Waals surface area (Å²) in [4.78, 5) is 63.8. The Hall–Kier alpha value is -3.04. The molecular weight excluding hydrogens is 569 g/mol. The average molecular weight is 599 g/mol. The third kappa shape index (κ3) is 12.1. The Labute approximate surface area is 231 Å². The van der Waals surface area contributed by atoms with Crippen molar-refractivity contribution in [3.63, 3.8) is 0 Å². The van der Waals surface area contributed by atoms with E-state index in [9.17, 15) is 37.1 Å². The molecule has 1 aromatic heterocycles. The van der Waals surface area contributed by atoms with Crippen molar-refractivity contribution in [2.45, 2.75) is 70.9 Å². The lowest BCUT2D eigenvalue weighted by Crippen LogP contribution is -2.56. The van der Waals surface area contributed by atoms with Crippen LogP contribution in [0.3, 0.4) is 0 Å². The minimum absolute atomic E-state index is 0.132. The Morgan fingerprint density at radius 3 is 2.38 bits per heavy atom. The number of allylic oxidation sites excluding steroid dienone is 1. The van der Waals surface area contributed by atoms with E-state index in [1.54, 1.807) is 19.9 Å². The van der Waals surface area contributed by atoms with Gasteiger partial charge in [-0.3, -0.25) is 9.59 Å². The Morgan fingerprint density at radius 1 is 1.21 bits per heavy atom. The van der Waals surface area contributed by atoms with Crippen LogP contribution >= 0.6 is 22.9 Å². The lowest BCUT2D eigenvalue weighted by atomic mass is 10.0. The van der Waals surface area contributed by atoms with Gasteiger partial charge in [-0.2, -0.15) is 13.2 Å². The second kappa shape index (κ2) is 14.9. The van der Waals surface area contributed by atoms with E-state index in [0.29, 0.717) is 6.42 Å². The van der Waals surface area contributed by atoms with Crippen LogP contribution in [0.4, 0.5) is 13.2 Å². The van der Waals surface area contributed by atoms with E-state index in [1.807, 2.05) is 0 Å². The van der Waals surface area contributed by atoms with Crippen LogP contribution in [-0.4, -0.2) is 64.4 Å². The molecule has 218 valence electrons. The van der Waals surface area contributed by atoms with E-state index < -0.39 is 59.3 Å². The number of nitrogens with two attached hydrogens (primary N) is 1. The predicted molar refractivity (Wildman–Crippen MR) is 134 cm³/mol. The molecule has 0 bridgehead atoms. The quantitative estimate of drug-likeness (QED) is 0.134. The second-order valence-electron chi connectivity index (χ2n) is 9.08. The molecule has 0 fully saturated rings. The Morgan fingerprint density at radius 2 is 1.85 bits per heavy atom. The summed E-state index contributed by atoms with van der Waals surface area (Å²) in [6.07, 6.45) is -3.18. The molecule has 0 aromatic carbocycles. The molecule has 0 aliphatic carbocycles. The maximum Gasteiger partial charge on any atom is 0.491 e. The van der Waals surface area contributed by atoms with E-state index in [1.165, 1.54) is 19.9 Å². The van der Waals surface area contributed by atoms with Gasteiger partial charge in [0, 0.05) is 11.3 Å². The average Bonchev–Trinajstić information content (AvgIpc) is 3.28. The first kappa shape index (κ1) is 34.0. The van der Waals surface area contributed by atoms with Gasteiger partial charge in [-0.15, -0.1) is 22.9 Å². The van der Waals surface area contributed by atoms with Gasteiger partial charge in [0.2, 0.25) is 11.8 Å². The SMILES string of the molecule is CC(C)[C@H](NC(=O)C(C)(C)N)C(=O)O[C@H](/C=C/CCCl)CC(=O)NCc1nc(C(=O)OC(=O)C(F)(F)F)cs1. The van der Waals surface area contributed by atoms with Crippen LogP contribution < -0.4 is 16.4 Å². The van der Waals surface area contributed by atoms with Crippen molar-refractivity contribution in [2.75, 3.05) is 5.88 Å². The number of carbonyl (C=O) groups is 5. The van der Waals surface area contributed by atoms with Crippen molar-refractivity contribution in [1.82, 2.24) is 15.6 Å². The monoisotopic (exact) mass is 598 g/mol. The van der Waals surface area contributed by atoms with Crippen LogP contribution in [0.1, 0.15) is 56.0 Å². The first-order chi connectivity index (χ1) is 17.9. The molecule has 0 saturated heterocycles. The molecule has 0 saturated carbocycles. The molecule has 0 radical (unpaired) electrons. The fourth-order valence-electron chi connectivity index (χ4n) is 2.62. The molecule has 0 unspecified atom stereocenters. The zero-order valence-corrected chi connectivity index (χ0v) is 23.2. The molecule has 0 aliphatic heterocycles. The Bertz CT molecular complexity index is 1070. The topological polar surface area (TPSA) is 167 Å². The van der Waals surface area contributed by atoms with Crippen LogP contribution in [0.15, 0.2) is 17.5 Å². The fourth-order valence-corrected chi connectivity index (χ4v) is 3.45. The van der Waals surface area contributed by atoms with Gasteiger partial charge in [-0.1, -0.05) is 19.9 Å². The zero-order chi connectivity index (χ0) is 30.0. The molecule has 1 heterocycles. The second-order valence-corrected chi connectivity index (χ2v) is 10.4. The molecule has 16 heteroatoms. The van der Waals surface area contributed by atoms with Crippen molar-refractivity contribution in [3.8, 4) is 0 Å². The van der Waals surface area contributed by atoms with E-state index in [-0.39, 0.29) is 29.8 Å². The predicted octanol–water partition coefficient (Wildman–Crippen LogP) is 2.37. The molecule has 11 nitrogen and oxygen atoms in total. The molecule has 1 rings (SSSR count). The van der Waals surface area contributed by atoms with Gasteiger partial charge in [-0.25, -0.2) is 19.4 Å². The Balaban J connectivity index is 2.82. The number of hydrogen-bond donors (Lipinski definition) is 3. The van der Waals surface area contributed by atoms with E-state index in [0.717, 1.165) is 16.7 Å². The van der Waals surface area contributed by atoms with Crippen LogP contribution in [-0.2, 0) is 35.2 Å². The number of nitrogens with zero attached hydrogens (tertiary/aromatic N) is 1. The molecule has 39 heavy (non-hydrogen) atoms. The third-order valence-electron chi connectivity index (χ3n) is 4.69. The summed E-state index contributed by atoms with van der Waals surface area (Å²) in [6.45, 7) is 6.12. The Kier molecular flexibility index (Phi) is 13.0. The summed E-state index contributed by atoms with van der Waals surface area (Å²) in [7, 11) is 0. The number of halogens is 4. The molecular formula is C23H30ClF3N4O7S. The standard InChI is InChI=1S/C23H30ClF3N4O7S/c1-12(2)17(31-20(35)22(3,4)28)19(34)37-13(7-5-6-8-24)9-15(32)29-10-16-30-14(11-39-16)18(33)38-21(36)23(25,26)27/h5,7,11-13,17H,6,8-10,28H2,1-4H3,(H,29,32)(H,31,35)/b7-5+/t13-,17+/m1/s1. The van der Waals surface area contributed by atoms with Gasteiger partial charge >= 0.3 is 24.1 Å². The van der Waals surface area contributed by atoms with Gasteiger partial charge in [0.05, 0.1) is 18.5 Å². The minimum Gasteiger partial charge on any atom is -0.456 e. The summed E-state index contributed by atoms with van der Waals surface area (Å²) >= 11 is 6.50. The number of ether oxygens (including phenoxy) is 2. The van der Waals surface area contributed by atoms with Crippen molar-refractivity contribution in [2.24, 2.45) is 11.7 Å². The number of hydrogen-bond acceptors (Lipinski definition) is 10. The van der Waals surface area contributed by atoms with Crippen molar-refractivity contribution in [1.29, 1.82) is 0 Å². The summed E-state index contributed by atoms with van der Waals surface area (Å²) in [5.74, 6) is -6.29. The summed E-state index contributed by atoms with van der Waals surface area (Å²) in [6, 6.07) is -1.04. The van der Waals surface area contributed by atoms with Crippen molar-refractivity contribution < 1.29 is 46.6 Å². The van der Waals surface area contributed by atoms with E-state index in [4.69, 9.17) is 22.1 Å². The maximum atomic E-state index is 12.8. The van der Waals surface area contributed by atoms with Gasteiger partial charge in [0.15, 0.2) is 5.69 Å². The molecule has 4 N–H and O–H groups in total. The minimum atomic E-state index is -5.34. The first-order valence-corrected chi connectivity index (χ1v) is 12.9.